The van der Waals surface area contributed by atoms with Crippen LogP contribution in [0, 0.1) is 0 Å². The van der Waals surface area contributed by atoms with Gasteiger partial charge in [-0.25, -0.2) is 4.98 Å². The zero-order valence-corrected chi connectivity index (χ0v) is 16.3. The maximum Gasteiger partial charge on any atom is 0.256 e. The topological polar surface area (TPSA) is 63.2 Å². The summed E-state index contributed by atoms with van der Waals surface area (Å²) >= 11 is 3.37. The van der Waals surface area contributed by atoms with Gasteiger partial charge in [-0.15, -0.1) is 24.8 Å². The van der Waals surface area contributed by atoms with Gasteiger partial charge in [-0.1, -0.05) is 22.9 Å². The van der Waals surface area contributed by atoms with Gasteiger partial charge in [0.05, 0.1) is 0 Å². The van der Waals surface area contributed by atoms with Gasteiger partial charge in [0.25, 0.3) is 5.91 Å². The summed E-state index contributed by atoms with van der Waals surface area (Å²) in [5, 5.41) is 5.99. The molecule has 0 bridgehead atoms. The number of hydrogen-bond donors (Lipinski definition) is 2. The molecule has 5 nitrogen and oxygen atoms in total. The SMILES string of the molecule is CCNCCNC(=O)c1cccnc1Oc1ccc(Br)cc1.Cl.Cl. The fraction of sp³-hybridized carbons (Fsp3) is 0.250. The summed E-state index contributed by atoms with van der Waals surface area (Å²) in [5.74, 6) is 0.729. The van der Waals surface area contributed by atoms with Gasteiger partial charge in [-0.3, -0.25) is 4.79 Å². The van der Waals surface area contributed by atoms with Crippen LogP contribution in [0.5, 0.6) is 11.6 Å². The Morgan fingerprint density at radius 2 is 1.88 bits per heavy atom. The van der Waals surface area contributed by atoms with Crippen molar-refractivity contribution in [1.29, 1.82) is 0 Å². The number of hydrogen-bond acceptors (Lipinski definition) is 4. The fourth-order valence-electron chi connectivity index (χ4n) is 1.80. The van der Waals surface area contributed by atoms with Gasteiger partial charge in [0.2, 0.25) is 5.88 Å². The number of benzene rings is 1. The van der Waals surface area contributed by atoms with E-state index < -0.39 is 0 Å². The van der Waals surface area contributed by atoms with Gasteiger partial charge in [-0.2, -0.15) is 0 Å². The van der Waals surface area contributed by atoms with Gasteiger partial charge in [0.15, 0.2) is 0 Å². The molecule has 2 rings (SSSR count). The molecule has 0 fully saturated rings. The van der Waals surface area contributed by atoms with E-state index in [1.807, 2.05) is 31.2 Å². The van der Waals surface area contributed by atoms with E-state index in [1.54, 1.807) is 18.3 Å². The quantitative estimate of drug-likeness (QED) is 0.647. The van der Waals surface area contributed by atoms with Gasteiger partial charge in [-0.05, 0) is 42.9 Å². The number of amides is 1. The van der Waals surface area contributed by atoms with Crippen molar-refractivity contribution in [2.24, 2.45) is 0 Å². The first-order valence-electron chi connectivity index (χ1n) is 7.08. The second kappa shape index (κ2) is 12.1. The van der Waals surface area contributed by atoms with Crippen molar-refractivity contribution in [3.63, 3.8) is 0 Å². The molecule has 0 atom stereocenters. The number of halogens is 3. The highest BCUT2D eigenvalue weighted by Crippen LogP contribution is 2.24. The number of aromatic nitrogens is 1. The van der Waals surface area contributed by atoms with E-state index in [2.05, 4.69) is 31.5 Å². The average molecular weight is 437 g/mol. The molecule has 132 valence electrons. The highest BCUT2D eigenvalue weighted by molar-refractivity contribution is 9.10. The smallest absolute Gasteiger partial charge is 0.256 e. The minimum absolute atomic E-state index is 0. The number of ether oxygens (including phenoxy) is 1. The predicted molar refractivity (Wildman–Crippen MR) is 104 cm³/mol. The molecule has 1 aromatic heterocycles. The molecule has 0 aliphatic heterocycles. The van der Waals surface area contributed by atoms with Crippen LogP contribution in [0.3, 0.4) is 0 Å². The van der Waals surface area contributed by atoms with Crippen LogP contribution in [0.1, 0.15) is 17.3 Å². The zero-order valence-electron chi connectivity index (χ0n) is 13.1. The molecule has 2 N–H and O–H groups in total. The number of nitrogens with zero attached hydrogens (tertiary/aromatic N) is 1. The Morgan fingerprint density at radius 1 is 1.17 bits per heavy atom. The number of nitrogens with one attached hydrogen (secondary N) is 2. The first kappa shape index (κ1) is 22.7. The second-order valence-corrected chi connectivity index (χ2v) is 5.44. The Kier molecular flexibility index (Phi) is 11.4. The largest absolute Gasteiger partial charge is 0.438 e. The van der Waals surface area contributed by atoms with Crippen LogP contribution in [-0.4, -0.2) is 30.5 Å². The number of carbonyl (C=O) groups excluding carboxylic acids is 1. The van der Waals surface area contributed by atoms with Crippen LogP contribution >= 0.6 is 40.7 Å². The molecule has 0 saturated heterocycles. The van der Waals surface area contributed by atoms with E-state index in [1.165, 1.54) is 0 Å². The molecule has 0 unspecified atom stereocenters. The van der Waals surface area contributed by atoms with E-state index in [0.717, 1.165) is 17.6 Å². The van der Waals surface area contributed by atoms with Crippen LogP contribution < -0.4 is 15.4 Å². The van der Waals surface area contributed by atoms with E-state index >= 15 is 0 Å². The third kappa shape index (κ3) is 7.05. The molecule has 1 aromatic carbocycles. The van der Waals surface area contributed by atoms with Crippen molar-refractivity contribution >= 4 is 46.7 Å². The summed E-state index contributed by atoms with van der Waals surface area (Å²) in [7, 11) is 0. The molecular weight excluding hydrogens is 417 g/mol. The molecule has 0 aliphatic rings. The number of rotatable bonds is 7. The molecule has 2 aromatic rings. The summed E-state index contributed by atoms with van der Waals surface area (Å²) < 4.78 is 6.67. The molecule has 8 heteroatoms. The zero-order chi connectivity index (χ0) is 15.8. The number of likely N-dealkylation sites (N-methyl/N-ethyl adjacent to an activating group) is 1. The van der Waals surface area contributed by atoms with E-state index in [9.17, 15) is 4.79 Å². The minimum Gasteiger partial charge on any atom is -0.438 e. The first-order valence-corrected chi connectivity index (χ1v) is 7.87. The van der Waals surface area contributed by atoms with Crippen LogP contribution in [0.15, 0.2) is 47.1 Å². The number of pyridine rings is 1. The fourth-order valence-corrected chi connectivity index (χ4v) is 2.06. The molecule has 0 spiro atoms. The van der Waals surface area contributed by atoms with Crippen molar-refractivity contribution in [1.82, 2.24) is 15.6 Å². The van der Waals surface area contributed by atoms with Crippen LogP contribution in [-0.2, 0) is 0 Å². The summed E-state index contributed by atoms with van der Waals surface area (Å²) in [6, 6.07) is 10.8. The van der Waals surface area contributed by atoms with Gasteiger partial charge in [0.1, 0.15) is 11.3 Å². The van der Waals surface area contributed by atoms with E-state index in [0.29, 0.717) is 23.7 Å². The van der Waals surface area contributed by atoms with Crippen LogP contribution in [0.25, 0.3) is 0 Å². The lowest BCUT2D eigenvalue weighted by Gasteiger charge is -2.10. The molecule has 1 amide bonds. The molecule has 0 saturated carbocycles. The lowest BCUT2D eigenvalue weighted by Crippen LogP contribution is -2.32. The third-order valence-corrected chi connectivity index (χ3v) is 3.41. The van der Waals surface area contributed by atoms with E-state index in [4.69, 9.17) is 4.74 Å². The summed E-state index contributed by atoms with van der Waals surface area (Å²) in [5.41, 5.74) is 0.418. The highest BCUT2D eigenvalue weighted by atomic mass is 79.9. The Hall–Kier alpha value is -1.34. The molecule has 0 radical (unpaired) electrons. The van der Waals surface area contributed by atoms with Crippen molar-refractivity contribution in [2.75, 3.05) is 19.6 Å². The molecule has 24 heavy (non-hydrogen) atoms. The average Bonchev–Trinajstić information content (AvgIpc) is 2.54. The summed E-state index contributed by atoms with van der Waals surface area (Å²) in [6.45, 7) is 4.18. The summed E-state index contributed by atoms with van der Waals surface area (Å²) in [6.07, 6.45) is 1.60. The van der Waals surface area contributed by atoms with Gasteiger partial charge in [0, 0.05) is 23.8 Å². The van der Waals surface area contributed by atoms with Crippen molar-refractivity contribution in [2.45, 2.75) is 6.92 Å². The molecule has 0 aliphatic carbocycles. The van der Waals surface area contributed by atoms with Crippen LogP contribution in [0.2, 0.25) is 0 Å². The van der Waals surface area contributed by atoms with Crippen molar-refractivity contribution in [3.8, 4) is 11.6 Å². The van der Waals surface area contributed by atoms with Gasteiger partial charge < -0.3 is 15.4 Å². The van der Waals surface area contributed by atoms with Crippen molar-refractivity contribution in [3.05, 3.63) is 52.6 Å². The Morgan fingerprint density at radius 3 is 2.54 bits per heavy atom. The number of carbonyl (C=O) groups is 1. The van der Waals surface area contributed by atoms with Crippen LogP contribution in [0.4, 0.5) is 0 Å². The van der Waals surface area contributed by atoms with E-state index in [-0.39, 0.29) is 30.7 Å². The standard InChI is InChI=1S/C16H18BrN3O2.2ClH/c1-2-18-10-11-19-15(21)14-4-3-9-20-16(14)22-13-7-5-12(17)6-8-13;;/h3-9,18H,2,10-11H2,1H3,(H,19,21);2*1H. The Balaban J connectivity index is 0.00000264. The lowest BCUT2D eigenvalue weighted by molar-refractivity contribution is 0.0951. The monoisotopic (exact) mass is 435 g/mol. The lowest BCUT2D eigenvalue weighted by atomic mass is 10.2. The predicted octanol–water partition coefficient (Wildman–Crippen LogP) is 3.82. The maximum atomic E-state index is 12.2. The first-order chi connectivity index (χ1) is 10.7. The summed E-state index contributed by atoms with van der Waals surface area (Å²) in [4.78, 5) is 16.4. The second-order valence-electron chi connectivity index (χ2n) is 4.52. The third-order valence-electron chi connectivity index (χ3n) is 2.88. The Labute approximate surface area is 162 Å². The van der Waals surface area contributed by atoms with Gasteiger partial charge >= 0.3 is 0 Å². The minimum atomic E-state index is -0.196. The Bertz CT molecular complexity index is 627. The highest BCUT2D eigenvalue weighted by Gasteiger charge is 2.13. The molecule has 1 heterocycles. The molecular formula is C16H20BrCl2N3O2. The maximum absolute atomic E-state index is 12.2. The normalized spacial score (nSPS) is 9.42. The van der Waals surface area contributed by atoms with Crippen molar-refractivity contribution < 1.29 is 9.53 Å².